The van der Waals surface area contributed by atoms with Gasteiger partial charge in [-0.15, -0.1) is 0 Å². The summed E-state index contributed by atoms with van der Waals surface area (Å²) >= 11 is 0. The smallest absolute Gasteiger partial charge is 0.153 e. The van der Waals surface area contributed by atoms with E-state index in [4.69, 9.17) is 9.84 Å². The molecule has 0 amide bonds. The first kappa shape index (κ1) is 15.5. The Morgan fingerprint density at radius 2 is 2.00 bits per heavy atom. The van der Waals surface area contributed by atoms with Gasteiger partial charge in [0.15, 0.2) is 9.84 Å². The van der Waals surface area contributed by atoms with Crippen LogP contribution in [0.3, 0.4) is 0 Å². The van der Waals surface area contributed by atoms with Crippen molar-refractivity contribution in [3.63, 3.8) is 0 Å². The van der Waals surface area contributed by atoms with Gasteiger partial charge < -0.3 is 9.84 Å². The van der Waals surface area contributed by atoms with Crippen LogP contribution in [-0.4, -0.2) is 38.2 Å². The summed E-state index contributed by atoms with van der Waals surface area (Å²) in [6.45, 7) is 1.72. The van der Waals surface area contributed by atoms with Crippen LogP contribution >= 0.6 is 0 Å². The lowest BCUT2D eigenvalue weighted by Gasteiger charge is -2.08. The highest BCUT2D eigenvalue weighted by Crippen LogP contribution is 2.16. The third-order valence-electron chi connectivity index (χ3n) is 2.36. The summed E-state index contributed by atoms with van der Waals surface area (Å²) in [7, 11) is -3.03. The van der Waals surface area contributed by atoms with E-state index in [9.17, 15) is 8.42 Å². The van der Waals surface area contributed by atoms with Gasteiger partial charge in [-0.1, -0.05) is 30.9 Å². The fraction of sp³-hybridized carbons (Fsp3) is 0.429. The van der Waals surface area contributed by atoms with E-state index < -0.39 is 9.84 Å². The lowest BCUT2D eigenvalue weighted by Crippen LogP contribution is -2.17. The Hall–Kier alpha value is -1.51. The third-order valence-corrected chi connectivity index (χ3v) is 4.18. The standard InChI is InChI=1S/C14H18O4S/c1-2-11-19(16,17)12-10-18-14-8-4-3-6-13(14)7-5-9-15/h3-4,6,8,15H,2,9-12H2,1H3. The minimum atomic E-state index is -3.03. The number of hydrogen-bond acceptors (Lipinski definition) is 4. The molecule has 19 heavy (non-hydrogen) atoms. The molecule has 0 radical (unpaired) electrons. The van der Waals surface area contributed by atoms with Crippen molar-refractivity contribution in [2.45, 2.75) is 13.3 Å². The number of para-hydroxylation sites is 1. The maximum Gasteiger partial charge on any atom is 0.153 e. The van der Waals surface area contributed by atoms with Crippen molar-refractivity contribution in [2.75, 3.05) is 24.7 Å². The molecule has 0 atom stereocenters. The highest BCUT2D eigenvalue weighted by molar-refractivity contribution is 7.91. The Morgan fingerprint density at radius 3 is 2.68 bits per heavy atom. The van der Waals surface area contributed by atoms with Crippen LogP contribution in [-0.2, 0) is 9.84 Å². The number of aliphatic hydroxyl groups is 1. The summed E-state index contributed by atoms with van der Waals surface area (Å²) in [6, 6.07) is 7.09. The molecular weight excluding hydrogens is 264 g/mol. The molecule has 0 bridgehead atoms. The maximum atomic E-state index is 11.5. The van der Waals surface area contributed by atoms with Crippen LogP contribution in [0.1, 0.15) is 18.9 Å². The Kier molecular flexibility index (Phi) is 6.40. The highest BCUT2D eigenvalue weighted by Gasteiger charge is 2.10. The molecule has 1 aromatic carbocycles. The predicted molar refractivity (Wildman–Crippen MR) is 74.8 cm³/mol. The first-order valence-electron chi connectivity index (χ1n) is 6.11. The molecule has 0 aliphatic heterocycles. The predicted octanol–water partition coefficient (Wildman–Crippen LogP) is 1.23. The lowest BCUT2D eigenvalue weighted by atomic mass is 10.2. The fourth-order valence-corrected chi connectivity index (χ4v) is 2.69. The van der Waals surface area contributed by atoms with Gasteiger partial charge in [-0.05, 0) is 18.6 Å². The van der Waals surface area contributed by atoms with E-state index in [0.29, 0.717) is 17.7 Å². The second-order valence-electron chi connectivity index (χ2n) is 3.96. The van der Waals surface area contributed by atoms with E-state index in [2.05, 4.69) is 11.8 Å². The minimum absolute atomic E-state index is 0.00258. The number of aliphatic hydroxyl groups excluding tert-OH is 1. The number of hydrogen-bond donors (Lipinski definition) is 1. The Bertz CT molecular complexity index is 552. The molecule has 1 N–H and O–H groups in total. The molecule has 0 aliphatic carbocycles. The van der Waals surface area contributed by atoms with Crippen molar-refractivity contribution in [1.29, 1.82) is 0 Å². The van der Waals surface area contributed by atoms with Crippen molar-refractivity contribution in [3.8, 4) is 17.6 Å². The molecule has 1 aromatic rings. The molecule has 4 nitrogen and oxygen atoms in total. The number of rotatable bonds is 6. The average Bonchev–Trinajstić information content (AvgIpc) is 2.37. The molecule has 104 valence electrons. The molecule has 0 aliphatic rings. The molecule has 0 heterocycles. The van der Waals surface area contributed by atoms with Gasteiger partial charge in [0.25, 0.3) is 0 Å². The molecule has 0 spiro atoms. The summed E-state index contributed by atoms with van der Waals surface area (Å²) in [5, 5.41) is 8.67. The van der Waals surface area contributed by atoms with Crippen LogP contribution in [0.5, 0.6) is 5.75 Å². The van der Waals surface area contributed by atoms with Gasteiger partial charge in [-0.25, -0.2) is 8.42 Å². The minimum Gasteiger partial charge on any atom is -0.491 e. The monoisotopic (exact) mass is 282 g/mol. The van der Waals surface area contributed by atoms with Gasteiger partial charge in [0.1, 0.15) is 19.0 Å². The second-order valence-corrected chi connectivity index (χ2v) is 6.26. The van der Waals surface area contributed by atoms with Gasteiger partial charge >= 0.3 is 0 Å². The van der Waals surface area contributed by atoms with Crippen LogP contribution in [0.4, 0.5) is 0 Å². The zero-order valence-corrected chi connectivity index (χ0v) is 11.7. The van der Waals surface area contributed by atoms with E-state index in [0.717, 1.165) is 0 Å². The quantitative estimate of drug-likeness (QED) is 0.797. The largest absolute Gasteiger partial charge is 0.491 e. The Morgan fingerprint density at radius 1 is 1.26 bits per heavy atom. The summed E-state index contributed by atoms with van der Waals surface area (Å²) in [6.07, 6.45) is 0.612. The SMILES string of the molecule is CCCS(=O)(=O)CCOc1ccccc1C#CCO. The first-order valence-corrected chi connectivity index (χ1v) is 7.93. The van der Waals surface area contributed by atoms with Gasteiger partial charge in [0, 0.05) is 0 Å². The third kappa shape index (κ3) is 5.77. The summed E-state index contributed by atoms with van der Waals surface area (Å²) in [5.74, 6) is 6.02. The molecule has 0 fully saturated rings. The van der Waals surface area contributed by atoms with E-state index >= 15 is 0 Å². The number of sulfone groups is 1. The first-order chi connectivity index (χ1) is 9.09. The molecule has 0 saturated carbocycles. The summed E-state index contributed by atoms with van der Waals surface area (Å²) in [4.78, 5) is 0. The van der Waals surface area contributed by atoms with Crippen molar-refractivity contribution < 1.29 is 18.3 Å². The molecular formula is C14H18O4S. The second kappa shape index (κ2) is 7.82. The number of ether oxygens (including phenoxy) is 1. The van der Waals surface area contributed by atoms with E-state index in [1.807, 2.05) is 13.0 Å². The van der Waals surface area contributed by atoms with Gasteiger partial charge in [0.05, 0.1) is 17.1 Å². The zero-order chi connectivity index (χ0) is 14.1. The molecule has 0 unspecified atom stereocenters. The maximum absolute atomic E-state index is 11.5. The Labute approximate surface area is 114 Å². The van der Waals surface area contributed by atoms with E-state index in [1.165, 1.54) is 0 Å². The van der Waals surface area contributed by atoms with Gasteiger partial charge in [0.2, 0.25) is 0 Å². The van der Waals surface area contributed by atoms with Crippen molar-refractivity contribution in [2.24, 2.45) is 0 Å². The average molecular weight is 282 g/mol. The molecule has 5 heteroatoms. The highest BCUT2D eigenvalue weighted by atomic mass is 32.2. The summed E-state index contributed by atoms with van der Waals surface area (Å²) in [5.41, 5.74) is 0.643. The van der Waals surface area contributed by atoms with E-state index in [-0.39, 0.29) is 24.7 Å². The van der Waals surface area contributed by atoms with Gasteiger partial charge in [-0.3, -0.25) is 0 Å². The Balaban J connectivity index is 2.63. The molecule has 0 saturated heterocycles. The topological polar surface area (TPSA) is 63.6 Å². The fourth-order valence-electron chi connectivity index (χ4n) is 1.52. The number of benzene rings is 1. The van der Waals surface area contributed by atoms with Crippen LogP contribution in [0.15, 0.2) is 24.3 Å². The van der Waals surface area contributed by atoms with Crippen LogP contribution in [0, 0.1) is 11.8 Å². The zero-order valence-electron chi connectivity index (χ0n) is 10.9. The van der Waals surface area contributed by atoms with Crippen LogP contribution in [0.25, 0.3) is 0 Å². The van der Waals surface area contributed by atoms with Gasteiger partial charge in [-0.2, -0.15) is 0 Å². The van der Waals surface area contributed by atoms with E-state index in [1.54, 1.807) is 18.2 Å². The van der Waals surface area contributed by atoms with Crippen molar-refractivity contribution in [1.82, 2.24) is 0 Å². The molecule has 0 aromatic heterocycles. The lowest BCUT2D eigenvalue weighted by molar-refractivity contribution is 0.340. The summed E-state index contributed by atoms with van der Waals surface area (Å²) < 4.78 is 28.5. The molecule has 1 rings (SSSR count). The van der Waals surface area contributed by atoms with Crippen LogP contribution in [0.2, 0.25) is 0 Å². The van der Waals surface area contributed by atoms with Crippen LogP contribution < -0.4 is 4.74 Å². The van der Waals surface area contributed by atoms with Crippen molar-refractivity contribution in [3.05, 3.63) is 29.8 Å². The normalized spacial score (nSPS) is 10.6. The van der Waals surface area contributed by atoms with Crippen molar-refractivity contribution >= 4 is 9.84 Å².